The summed E-state index contributed by atoms with van der Waals surface area (Å²) in [5.74, 6) is -0.155. The van der Waals surface area contributed by atoms with Gasteiger partial charge in [0.1, 0.15) is 0 Å². The van der Waals surface area contributed by atoms with Gasteiger partial charge in [0.15, 0.2) is 0 Å². The third-order valence-corrected chi connectivity index (χ3v) is 3.05. The van der Waals surface area contributed by atoms with E-state index in [1.165, 1.54) is 11.1 Å². The summed E-state index contributed by atoms with van der Waals surface area (Å²) in [6, 6.07) is 3.46. The number of pyridine rings is 1. The molecule has 0 spiro atoms. The number of nitrogens with two attached hydrogens (primary N) is 1. The van der Waals surface area contributed by atoms with E-state index >= 15 is 0 Å². The summed E-state index contributed by atoms with van der Waals surface area (Å²) in [5, 5.41) is 8.06. The maximum Gasteiger partial charge on any atom is 0.260 e. The number of hydrogen-bond donors (Lipinski definition) is 1. The first-order valence-corrected chi connectivity index (χ1v) is 6.35. The van der Waals surface area contributed by atoms with Gasteiger partial charge in [-0.25, -0.2) is 0 Å². The molecule has 0 unspecified atom stereocenters. The topological polar surface area (TPSA) is 85.0 Å². The Bertz CT molecular complexity index is 641. The van der Waals surface area contributed by atoms with Gasteiger partial charge in [0.2, 0.25) is 0 Å². The maximum atomic E-state index is 12.6. The summed E-state index contributed by atoms with van der Waals surface area (Å²) >= 11 is 0. The number of nitrogens with zero attached hydrogens (tertiary/aromatic N) is 4. The predicted octanol–water partition coefficient (Wildman–Crippen LogP) is 1.60. The molecule has 0 aliphatic rings. The van der Waals surface area contributed by atoms with Crippen LogP contribution in [0, 0.1) is 6.92 Å². The van der Waals surface area contributed by atoms with E-state index in [1.807, 2.05) is 13.8 Å². The summed E-state index contributed by atoms with van der Waals surface area (Å²) in [6.07, 6.45) is 3.77. The minimum atomic E-state index is -0.155. The Balaban J connectivity index is 2.41. The summed E-state index contributed by atoms with van der Waals surface area (Å²) in [6.45, 7) is 3.75. The third kappa shape index (κ3) is 2.59. The zero-order valence-electron chi connectivity index (χ0n) is 11.8. The van der Waals surface area contributed by atoms with Gasteiger partial charge in [0.25, 0.3) is 5.91 Å². The molecule has 2 N–H and O–H groups in total. The van der Waals surface area contributed by atoms with Crippen molar-refractivity contribution in [3.63, 3.8) is 0 Å². The highest BCUT2D eigenvalue weighted by Gasteiger charge is 2.19. The number of anilines is 2. The second-order valence-corrected chi connectivity index (χ2v) is 4.50. The molecule has 2 rings (SSSR count). The van der Waals surface area contributed by atoms with Crippen LogP contribution in [0.4, 0.5) is 11.4 Å². The molecular formula is C14H17N5O. The number of aromatic nitrogens is 3. The van der Waals surface area contributed by atoms with Crippen molar-refractivity contribution in [1.29, 1.82) is 0 Å². The number of carbonyl (C=O) groups excluding carboxylic acids is 1. The Morgan fingerprint density at radius 1 is 1.40 bits per heavy atom. The van der Waals surface area contributed by atoms with Crippen LogP contribution in [0.25, 0.3) is 0 Å². The zero-order chi connectivity index (χ0) is 14.7. The number of rotatable bonds is 3. The summed E-state index contributed by atoms with van der Waals surface area (Å²) in [4.78, 5) is 18.0. The number of nitrogen functional groups attached to an aromatic ring is 1. The fourth-order valence-corrected chi connectivity index (χ4v) is 1.96. The molecule has 0 saturated carbocycles. The van der Waals surface area contributed by atoms with E-state index in [0.29, 0.717) is 34.7 Å². The normalized spacial score (nSPS) is 10.3. The van der Waals surface area contributed by atoms with Gasteiger partial charge in [-0.15, -0.1) is 0 Å². The standard InChI is InChI=1S/C14H17N5O/c1-4-12-10(7-9(2)17-18-12)14(20)19(3)13-5-6-16-8-11(13)15/h5-8H,4,15H2,1-3H3. The van der Waals surface area contributed by atoms with Gasteiger partial charge >= 0.3 is 0 Å². The minimum Gasteiger partial charge on any atom is -0.396 e. The van der Waals surface area contributed by atoms with Gasteiger partial charge < -0.3 is 10.6 Å². The molecule has 0 aromatic carbocycles. The molecule has 2 aromatic heterocycles. The number of aryl methyl sites for hydroxylation is 2. The Morgan fingerprint density at radius 3 is 2.80 bits per heavy atom. The van der Waals surface area contributed by atoms with Crippen LogP contribution in [0.2, 0.25) is 0 Å². The number of hydrogen-bond acceptors (Lipinski definition) is 5. The Kier molecular flexibility index (Phi) is 3.93. The molecular weight excluding hydrogens is 254 g/mol. The van der Waals surface area contributed by atoms with Crippen LogP contribution < -0.4 is 10.6 Å². The average Bonchev–Trinajstić information content (AvgIpc) is 2.46. The lowest BCUT2D eigenvalue weighted by atomic mass is 10.1. The lowest BCUT2D eigenvalue weighted by Crippen LogP contribution is -2.28. The van der Waals surface area contributed by atoms with E-state index in [2.05, 4.69) is 15.2 Å². The highest BCUT2D eigenvalue weighted by Crippen LogP contribution is 2.22. The van der Waals surface area contributed by atoms with Crippen LogP contribution in [0.15, 0.2) is 24.5 Å². The van der Waals surface area contributed by atoms with Crippen molar-refractivity contribution in [1.82, 2.24) is 15.2 Å². The first kappa shape index (κ1) is 13.9. The molecule has 104 valence electrons. The molecule has 20 heavy (non-hydrogen) atoms. The molecule has 0 atom stereocenters. The fraction of sp³-hybridized carbons (Fsp3) is 0.286. The summed E-state index contributed by atoms with van der Waals surface area (Å²) in [5.41, 5.74) is 8.88. The van der Waals surface area contributed by atoms with Gasteiger partial charge in [-0.1, -0.05) is 6.92 Å². The first-order valence-electron chi connectivity index (χ1n) is 6.35. The Hall–Kier alpha value is -2.50. The molecule has 6 heteroatoms. The van der Waals surface area contributed by atoms with Gasteiger partial charge in [0.05, 0.1) is 34.5 Å². The van der Waals surface area contributed by atoms with Crippen molar-refractivity contribution >= 4 is 17.3 Å². The van der Waals surface area contributed by atoms with Crippen LogP contribution in [-0.2, 0) is 6.42 Å². The summed E-state index contributed by atoms with van der Waals surface area (Å²) < 4.78 is 0. The average molecular weight is 271 g/mol. The molecule has 0 fully saturated rings. The van der Waals surface area contributed by atoms with Crippen LogP contribution in [-0.4, -0.2) is 28.1 Å². The van der Waals surface area contributed by atoms with Crippen LogP contribution in [0.3, 0.4) is 0 Å². The molecule has 0 radical (unpaired) electrons. The van der Waals surface area contributed by atoms with Crippen molar-refractivity contribution < 1.29 is 4.79 Å². The lowest BCUT2D eigenvalue weighted by molar-refractivity contribution is 0.0991. The molecule has 0 saturated heterocycles. The van der Waals surface area contributed by atoms with E-state index < -0.39 is 0 Å². The molecule has 1 amide bonds. The Labute approximate surface area is 117 Å². The van der Waals surface area contributed by atoms with E-state index in [0.717, 1.165) is 0 Å². The monoisotopic (exact) mass is 271 g/mol. The zero-order valence-corrected chi connectivity index (χ0v) is 11.8. The highest BCUT2D eigenvalue weighted by molar-refractivity contribution is 6.07. The van der Waals surface area contributed by atoms with Crippen LogP contribution >= 0.6 is 0 Å². The van der Waals surface area contributed by atoms with E-state index in [1.54, 1.807) is 25.4 Å². The lowest BCUT2D eigenvalue weighted by Gasteiger charge is -2.19. The number of amides is 1. The van der Waals surface area contributed by atoms with E-state index in [4.69, 9.17) is 5.73 Å². The molecule has 0 aliphatic heterocycles. The third-order valence-electron chi connectivity index (χ3n) is 3.05. The molecule has 0 aliphatic carbocycles. The SMILES string of the molecule is CCc1nnc(C)cc1C(=O)N(C)c1ccncc1N. The second kappa shape index (κ2) is 5.64. The van der Waals surface area contributed by atoms with E-state index in [9.17, 15) is 4.79 Å². The van der Waals surface area contributed by atoms with Gasteiger partial charge in [-0.3, -0.25) is 9.78 Å². The van der Waals surface area contributed by atoms with Crippen molar-refractivity contribution in [2.45, 2.75) is 20.3 Å². The highest BCUT2D eigenvalue weighted by atomic mass is 16.2. The van der Waals surface area contributed by atoms with Crippen molar-refractivity contribution in [2.75, 3.05) is 17.7 Å². The van der Waals surface area contributed by atoms with Crippen molar-refractivity contribution in [3.8, 4) is 0 Å². The largest absolute Gasteiger partial charge is 0.396 e. The predicted molar refractivity (Wildman–Crippen MR) is 77.5 cm³/mol. The van der Waals surface area contributed by atoms with Crippen molar-refractivity contribution in [2.24, 2.45) is 0 Å². The quantitative estimate of drug-likeness (QED) is 0.916. The molecule has 2 aromatic rings. The van der Waals surface area contributed by atoms with Crippen LogP contribution in [0.5, 0.6) is 0 Å². The van der Waals surface area contributed by atoms with Crippen molar-refractivity contribution in [3.05, 3.63) is 41.5 Å². The van der Waals surface area contributed by atoms with Gasteiger partial charge in [0, 0.05) is 13.2 Å². The van der Waals surface area contributed by atoms with Gasteiger partial charge in [-0.05, 0) is 25.5 Å². The van der Waals surface area contributed by atoms with Gasteiger partial charge in [-0.2, -0.15) is 10.2 Å². The smallest absolute Gasteiger partial charge is 0.260 e. The minimum absolute atomic E-state index is 0.155. The number of carbonyl (C=O) groups is 1. The van der Waals surface area contributed by atoms with Crippen LogP contribution in [0.1, 0.15) is 28.7 Å². The van der Waals surface area contributed by atoms with E-state index in [-0.39, 0.29) is 5.91 Å². The Morgan fingerprint density at radius 2 is 2.15 bits per heavy atom. The molecule has 0 bridgehead atoms. The first-order chi connectivity index (χ1) is 9.54. The second-order valence-electron chi connectivity index (χ2n) is 4.50. The maximum absolute atomic E-state index is 12.6. The fourth-order valence-electron chi connectivity index (χ4n) is 1.96. The summed E-state index contributed by atoms with van der Waals surface area (Å²) in [7, 11) is 1.68. The molecule has 2 heterocycles. The molecule has 6 nitrogen and oxygen atoms in total.